The van der Waals surface area contributed by atoms with Gasteiger partial charge in [-0.3, -0.25) is 0 Å². The Balaban J connectivity index is 0.000000248. The van der Waals surface area contributed by atoms with E-state index in [1.54, 1.807) is 11.1 Å². The molecule has 0 N–H and O–H groups in total. The van der Waals surface area contributed by atoms with Crippen molar-refractivity contribution in [1.29, 1.82) is 0 Å². The molecule has 0 nitrogen and oxygen atoms in total. The molecule has 0 fully saturated rings. The van der Waals surface area contributed by atoms with Crippen LogP contribution in [-0.2, 0) is 43.5 Å². The molecule has 0 saturated heterocycles. The molecule has 1 aliphatic rings. The second-order valence-electron chi connectivity index (χ2n) is 7.54. The van der Waals surface area contributed by atoms with Crippen molar-refractivity contribution in [2.45, 2.75) is 39.0 Å². The number of fused-ring (bicyclic) bond motifs is 1. The smallest absolute Gasteiger partial charge is 0.0512 e. The zero-order valence-electron chi connectivity index (χ0n) is 18.6. The third kappa shape index (κ3) is 9.15. The van der Waals surface area contributed by atoms with E-state index in [0.29, 0.717) is 0 Å². The Morgan fingerprint density at radius 2 is 1.38 bits per heavy atom. The van der Waals surface area contributed by atoms with Gasteiger partial charge in [-0.05, 0) is 0 Å². The van der Waals surface area contributed by atoms with Gasteiger partial charge in [-0.25, -0.2) is 12.1 Å². The zero-order chi connectivity index (χ0) is 21.0. The molecule has 0 bridgehead atoms. The summed E-state index contributed by atoms with van der Waals surface area (Å²) in [5, 5.41) is 0. The van der Waals surface area contributed by atoms with E-state index in [4.69, 9.17) is 0 Å². The first-order chi connectivity index (χ1) is 14.8. The number of halogens is 2. The summed E-state index contributed by atoms with van der Waals surface area (Å²) in [6.45, 7) is 2.16. The van der Waals surface area contributed by atoms with Crippen LogP contribution in [0, 0.1) is 0 Å². The number of benzene rings is 2. The Morgan fingerprint density at radius 1 is 0.781 bits per heavy atom. The molecule has 4 aromatic rings. The molecule has 0 heterocycles. The van der Waals surface area contributed by atoms with Crippen LogP contribution in [-0.4, -0.2) is 3.21 Å². The average Bonchev–Trinajstić information content (AvgIpc) is 3.52. The maximum absolute atomic E-state index is 2.26. The standard InChI is InChI=1S/C13H10.C9H11.C7H9.2ClH.Zr/c1-3-7-12(8-4-1)11-13-9-5-2-6-10-13;1-2-5-9-7-3-6-8(9)4-1;1-2-7-5-3-4-6-7;;;/h1-10H;3,6-7H,1-2,4-5H2;3-6H,2H2,1H3;2*1H;/q;2*-1;;;+2/p-2. The number of hydrogen-bond donors (Lipinski definition) is 0. The molecule has 166 valence electrons. The van der Waals surface area contributed by atoms with Gasteiger partial charge in [0.1, 0.15) is 0 Å². The van der Waals surface area contributed by atoms with Crippen molar-refractivity contribution >= 4 is 3.21 Å². The van der Waals surface area contributed by atoms with Crippen LogP contribution in [0.25, 0.3) is 0 Å². The van der Waals surface area contributed by atoms with Gasteiger partial charge in [0.25, 0.3) is 0 Å². The van der Waals surface area contributed by atoms with E-state index < -0.39 is 0 Å². The van der Waals surface area contributed by atoms with Crippen LogP contribution in [0.1, 0.15) is 47.6 Å². The maximum Gasteiger partial charge on any atom is -0.0512 e. The molecule has 5 rings (SSSR count). The van der Waals surface area contributed by atoms with Gasteiger partial charge in [-0.2, -0.15) is 47.0 Å². The summed E-state index contributed by atoms with van der Waals surface area (Å²) >= 11 is 1.46. The number of rotatable bonds is 3. The maximum atomic E-state index is 2.26. The zero-order valence-corrected chi connectivity index (χ0v) is 22.6. The second kappa shape index (κ2) is 16.1. The monoisotopic (exact) mass is 538 g/mol. The van der Waals surface area contributed by atoms with Crippen LogP contribution < -0.4 is 24.8 Å². The van der Waals surface area contributed by atoms with Crippen molar-refractivity contribution in [2.75, 3.05) is 0 Å². The van der Waals surface area contributed by atoms with E-state index >= 15 is 0 Å². The Morgan fingerprint density at radius 3 is 1.84 bits per heavy atom. The van der Waals surface area contributed by atoms with Crippen LogP contribution in [0.15, 0.2) is 103 Å². The molecule has 0 atom stereocenters. The van der Waals surface area contributed by atoms with Crippen molar-refractivity contribution in [3.63, 3.8) is 0 Å². The molecular weight excluding hydrogens is 510 g/mol. The molecule has 0 saturated carbocycles. The Hall–Kier alpha value is -1.53. The van der Waals surface area contributed by atoms with Gasteiger partial charge in [-0.15, -0.1) is 0 Å². The van der Waals surface area contributed by atoms with Crippen molar-refractivity contribution in [3.05, 3.63) is 131 Å². The molecule has 0 aromatic heterocycles. The van der Waals surface area contributed by atoms with Crippen LogP contribution in [0.4, 0.5) is 0 Å². The molecule has 32 heavy (non-hydrogen) atoms. The molecule has 1 aliphatic carbocycles. The van der Waals surface area contributed by atoms with E-state index in [9.17, 15) is 0 Å². The van der Waals surface area contributed by atoms with Crippen molar-refractivity contribution in [3.8, 4) is 0 Å². The first-order valence-corrected chi connectivity index (χ1v) is 12.1. The molecule has 0 spiro atoms. The second-order valence-corrected chi connectivity index (χ2v) is 8.77. The van der Waals surface area contributed by atoms with E-state index in [-0.39, 0.29) is 24.8 Å². The summed E-state index contributed by atoms with van der Waals surface area (Å²) in [7, 11) is 0. The minimum absolute atomic E-state index is 0. The molecule has 3 heteroatoms. The summed E-state index contributed by atoms with van der Waals surface area (Å²) in [6, 6.07) is 36.2. The molecular formula is C29H30Cl2Zr-2. The molecule has 0 amide bonds. The van der Waals surface area contributed by atoms with Crippen LogP contribution >= 0.6 is 0 Å². The Kier molecular flexibility index (Phi) is 14.4. The van der Waals surface area contributed by atoms with E-state index in [0.717, 1.165) is 6.42 Å². The largest absolute Gasteiger partial charge is 0.210 e. The first-order valence-electron chi connectivity index (χ1n) is 10.9. The predicted molar refractivity (Wildman–Crippen MR) is 126 cm³/mol. The van der Waals surface area contributed by atoms with Crippen molar-refractivity contribution in [1.82, 2.24) is 0 Å². The summed E-state index contributed by atoms with van der Waals surface area (Å²) in [4.78, 5) is 0. The van der Waals surface area contributed by atoms with Gasteiger partial charge in [-0.1, -0.05) is 39.0 Å². The molecule has 0 aliphatic heterocycles. The fourth-order valence-electron chi connectivity index (χ4n) is 3.64. The van der Waals surface area contributed by atoms with Crippen LogP contribution in [0.5, 0.6) is 0 Å². The minimum atomic E-state index is 0. The number of aryl methyl sites for hydroxylation is 3. The Labute approximate surface area is 221 Å². The summed E-state index contributed by atoms with van der Waals surface area (Å²) in [5.41, 5.74) is 7.29. The predicted octanol–water partition coefficient (Wildman–Crippen LogP) is 1.06. The van der Waals surface area contributed by atoms with Gasteiger partial charge in [0.15, 0.2) is 0 Å². The first kappa shape index (κ1) is 28.5. The van der Waals surface area contributed by atoms with Gasteiger partial charge in [0, 0.05) is 0 Å². The van der Waals surface area contributed by atoms with Crippen LogP contribution in [0.2, 0.25) is 0 Å². The number of hydrogen-bond acceptors (Lipinski definition) is 0. The van der Waals surface area contributed by atoms with Gasteiger partial charge in [0.2, 0.25) is 0 Å². The third-order valence-corrected chi connectivity index (χ3v) is 6.83. The van der Waals surface area contributed by atoms with Crippen LogP contribution in [0.3, 0.4) is 0 Å². The fourth-order valence-corrected chi connectivity index (χ4v) is 4.46. The molecule has 0 unspecified atom stereocenters. The van der Waals surface area contributed by atoms with Crippen molar-refractivity contribution in [2.24, 2.45) is 0 Å². The topological polar surface area (TPSA) is 0 Å². The van der Waals surface area contributed by atoms with E-state index in [2.05, 4.69) is 110 Å². The van der Waals surface area contributed by atoms with Gasteiger partial charge in [0.05, 0.1) is 0 Å². The van der Waals surface area contributed by atoms with Gasteiger partial charge >= 0.3 is 99.2 Å². The van der Waals surface area contributed by atoms with Gasteiger partial charge < -0.3 is 24.8 Å². The summed E-state index contributed by atoms with van der Waals surface area (Å²) in [6.07, 6.45) is 6.60. The average molecular weight is 541 g/mol. The SMILES string of the molecule is CCc1cc[cH-]c1.[Cl-].[Cl-].[Zr+2]=[C](c1ccccc1)c1ccccc1.c1cc2c([cH-]1)CCCC2. The molecule has 0 radical (unpaired) electrons. The normalized spacial score (nSPS) is 11.2. The van der Waals surface area contributed by atoms with E-state index in [1.165, 1.54) is 69.8 Å². The third-order valence-electron chi connectivity index (χ3n) is 5.41. The minimum Gasteiger partial charge on any atom is -0.210 e. The Bertz CT molecular complexity index is 924. The van der Waals surface area contributed by atoms with E-state index in [1.807, 2.05) is 0 Å². The quantitative estimate of drug-likeness (QED) is 0.341. The van der Waals surface area contributed by atoms with Crippen molar-refractivity contribution < 1.29 is 49.0 Å². The molecule has 4 aromatic carbocycles. The summed E-state index contributed by atoms with van der Waals surface area (Å²) in [5.74, 6) is 0. The fraction of sp³-hybridized carbons (Fsp3) is 0.207. The summed E-state index contributed by atoms with van der Waals surface area (Å²) < 4.78 is 1.42.